The molecule has 0 saturated heterocycles. The van der Waals surface area contributed by atoms with Gasteiger partial charge in [0.25, 0.3) is 0 Å². The van der Waals surface area contributed by atoms with Crippen LogP contribution in [0.2, 0.25) is 0 Å². The van der Waals surface area contributed by atoms with Crippen LogP contribution < -0.4 is 10.6 Å². The molecule has 2 aromatic carbocycles. The molecule has 13 heteroatoms. The van der Waals surface area contributed by atoms with E-state index in [2.05, 4.69) is 36.6 Å². The molecule has 6 aromatic rings. The van der Waals surface area contributed by atoms with Crippen LogP contribution in [0.3, 0.4) is 0 Å². The lowest BCUT2D eigenvalue weighted by Crippen LogP contribution is -2.32. The van der Waals surface area contributed by atoms with E-state index in [1.165, 1.54) is 21.1 Å². The monoisotopic (exact) mass is 788 g/mol. The number of hydrogen-bond acceptors (Lipinski definition) is 11. The third-order valence-electron chi connectivity index (χ3n) is 8.20. The van der Waals surface area contributed by atoms with E-state index in [1.54, 1.807) is 36.7 Å². The Morgan fingerprint density at radius 2 is 1.03 bits per heavy atom. The van der Waals surface area contributed by atoms with Gasteiger partial charge in [0.15, 0.2) is 0 Å². The molecule has 0 aliphatic heterocycles. The molecular formula is C45H52N6O7. The van der Waals surface area contributed by atoms with Gasteiger partial charge in [-0.05, 0) is 92.6 Å². The van der Waals surface area contributed by atoms with Gasteiger partial charge in [-0.25, -0.2) is 14.4 Å². The summed E-state index contributed by atoms with van der Waals surface area (Å²) in [5.74, 6) is -0.833. The first-order chi connectivity index (χ1) is 26.8. The maximum absolute atomic E-state index is 11.8. The van der Waals surface area contributed by atoms with Crippen molar-refractivity contribution in [3.8, 4) is 0 Å². The number of nitrogens with zero attached hydrogens (tertiary/aromatic N) is 4. The third kappa shape index (κ3) is 13.5. The van der Waals surface area contributed by atoms with Crippen molar-refractivity contribution < 1.29 is 33.4 Å². The first kappa shape index (κ1) is 45.6. The Bertz CT molecular complexity index is 2370. The van der Waals surface area contributed by atoms with Gasteiger partial charge in [-0.2, -0.15) is 0 Å². The van der Waals surface area contributed by atoms with Crippen molar-refractivity contribution in [2.24, 2.45) is 0 Å². The van der Waals surface area contributed by atoms with Crippen LogP contribution in [0.5, 0.6) is 0 Å². The summed E-state index contributed by atoms with van der Waals surface area (Å²) in [6, 6.07) is 26.4. The fourth-order valence-corrected chi connectivity index (χ4v) is 5.60. The van der Waals surface area contributed by atoms with Crippen LogP contribution in [0, 0.1) is 0 Å². The van der Waals surface area contributed by atoms with E-state index in [0.717, 1.165) is 55.7 Å². The Hall–Kier alpha value is -6.76. The molecule has 304 valence electrons. The fourth-order valence-electron chi connectivity index (χ4n) is 5.60. The Kier molecular flexibility index (Phi) is 16.5. The van der Waals surface area contributed by atoms with Gasteiger partial charge in [0.2, 0.25) is 5.91 Å². The van der Waals surface area contributed by atoms with E-state index >= 15 is 0 Å². The number of benzene rings is 2. The van der Waals surface area contributed by atoms with Crippen LogP contribution in [-0.4, -0.2) is 63.7 Å². The molecule has 4 aromatic heterocycles. The van der Waals surface area contributed by atoms with E-state index in [-0.39, 0.29) is 39.2 Å². The lowest BCUT2D eigenvalue weighted by molar-refractivity contribution is -0.119. The molecule has 0 fully saturated rings. The van der Waals surface area contributed by atoms with Crippen molar-refractivity contribution in [3.05, 3.63) is 142 Å². The summed E-state index contributed by atoms with van der Waals surface area (Å²) >= 11 is 0. The molecule has 0 saturated carbocycles. The second kappa shape index (κ2) is 21.0. The topological polar surface area (TPSA) is 172 Å². The highest BCUT2D eigenvalue weighted by Gasteiger charge is 2.16. The zero-order chi connectivity index (χ0) is 40.2. The molecule has 0 aliphatic rings. The van der Waals surface area contributed by atoms with Crippen molar-refractivity contribution in [1.82, 2.24) is 30.6 Å². The zero-order valence-corrected chi connectivity index (χ0v) is 32.2. The van der Waals surface area contributed by atoms with Gasteiger partial charge in [0.1, 0.15) is 5.60 Å². The van der Waals surface area contributed by atoms with E-state index in [0.29, 0.717) is 30.5 Å². The maximum atomic E-state index is 11.8. The molecule has 58 heavy (non-hydrogen) atoms. The summed E-state index contributed by atoms with van der Waals surface area (Å²) in [7, 11) is 2.72. The molecule has 0 atom stereocenters. The number of aromatic nitrogens is 4. The van der Waals surface area contributed by atoms with Crippen molar-refractivity contribution >= 4 is 45.7 Å². The lowest BCUT2D eigenvalue weighted by atomic mass is 10.0. The zero-order valence-electron chi connectivity index (χ0n) is 32.2. The Labute approximate surface area is 339 Å². The van der Waals surface area contributed by atoms with Gasteiger partial charge in [-0.15, -0.1) is 0 Å². The Morgan fingerprint density at radius 3 is 1.45 bits per heavy atom. The molecule has 0 aliphatic carbocycles. The van der Waals surface area contributed by atoms with Gasteiger partial charge in [-0.3, -0.25) is 24.7 Å². The smallest absolute Gasteiger partial charge is 0.407 e. The van der Waals surface area contributed by atoms with Crippen LogP contribution in [0.4, 0.5) is 4.79 Å². The number of fused-ring (bicyclic) bond motifs is 2. The van der Waals surface area contributed by atoms with Crippen LogP contribution in [0.25, 0.3) is 21.8 Å². The van der Waals surface area contributed by atoms with Crippen LogP contribution in [-0.2, 0) is 44.9 Å². The number of nitrogens with one attached hydrogen (secondary N) is 2. The average Bonchev–Trinajstić information content (AvgIpc) is 3.18. The molecule has 13 nitrogen and oxygen atoms in total. The summed E-state index contributed by atoms with van der Waals surface area (Å²) in [5, 5.41) is 7.45. The standard InChI is InChI=1S/C23H25N3O4.C20H19N3O3.2CH4/c1-23(2,3)30-22(28)25-14-18-7-6-16-11-15(5-8-20(16)26-18)12-19-13-17(9-10-24-19)21(27)29-4;1-13(24)22-12-17-5-4-15-9-14(3-6-19(15)23-17)10-18-11-16(7-8-21-18)20(25)26-2;;/h5-11,13H,12,14H2,1-4H3,(H,25,28);3-9,11H,10,12H2,1-2H3,(H,22,24);2*1H4. The second-order valence-electron chi connectivity index (χ2n) is 13.8. The molecule has 0 spiro atoms. The Morgan fingerprint density at radius 1 is 0.586 bits per heavy atom. The van der Waals surface area contributed by atoms with Crippen molar-refractivity contribution in [2.75, 3.05) is 14.2 Å². The quantitative estimate of drug-likeness (QED) is 0.102. The molecule has 0 bridgehead atoms. The number of ether oxygens (including phenoxy) is 3. The van der Waals surface area contributed by atoms with Crippen LogP contribution >= 0.6 is 0 Å². The van der Waals surface area contributed by atoms with Crippen LogP contribution in [0.15, 0.2) is 97.3 Å². The van der Waals surface area contributed by atoms with Crippen molar-refractivity contribution in [3.63, 3.8) is 0 Å². The van der Waals surface area contributed by atoms with Crippen molar-refractivity contribution in [2.45, 2.75) is 74.1 Å². The number of hydrogen-bond donors (Lipinski definition) is 2. The van der Waals surface area contributed by atoms with E-state index < -0.39 is 11.7 Å². The summed E-state index contributed by atoms with van der Waals surface area (Å²) < 4.78 is 14.7. The van der Waals surface area contributed by atoms with Gasteiger partial charge in [-0.1, -0.05) is 39.1 Å². The van der Waals surface area contributed by atoms with Crippen LogP contribution in [0.1, 0.15) is 97.2 Å². The largest absolute Gasteiger partial charge is 0.465 e. The van der Waals surface area contributed by atoms with Gasteiger partial charge in [0.05, 0.1) is 60.9 Å². The normalized spacial score (nSPS) is 10.5. The predicted octanol–water partition coefficient (Wildman–Crippen LogP) is 7.95. The second-order valence-corrected chi connectivity index (χ2v) is 13.8. The number of methoxy groups -OCH3 is 2. The lowest BCUT2D eigenvalue weighted by Gasteiger charge is -2.19. The predicted molar refractivity (Wildman–Crippen MR) is 224 cm³/mol. The highest BCUT2D eigenvalue weighted by molar-refractivity contribution is 5.90. The first-order valence-electron chi connectivity index (χ1n) is 17.8. The molecule has 4 heterocycles. The number of pyridine rings is 4. The summed E-state index contributed by atoms with van der Waals surface area (Å²) in [6.45, 7) is 7.64. The number of rotatable bonds is 10. The highest BCUT2D eigenvalue weighted by Crippen LogP contribution is 2.20. The summed E-state index contributed by atoms with van der Waals surface area (Å²) in [6.07, 6.45) is 3.94. The molecule has 0 unspecified atom stereocenters. The van der Waals surface area contributed by atoms with Gasteiger partial charge < -0.3 is 24.8 Å². The fraction of sp³-hybridized carbons (Fsp3) is 0.289. The summed E-state index contributed by atoms with van der Waals surface area (Å²) in [5.41, 5.74) is 7.39. The van der Waals surface area contributed by atoms with Crippen molar-refractivity contribution in [1.29, 1.82) is 0 Å². The van der Waals surface area contributed by atoms with E-state index in [4.69, 9.17) is 14.2 Å². The molecule has 6 rings (SSSR count). The molecule has 0 radical (unpaired) electrons. The highest BCUT2D eigenvalue weighted by atomic mass is 16.6. The molecular weight excluding hydrogens is 737 g/mol. The maximum Gasteiger partial charge on any atom is 0.407 e. The third-order valence-corrected chi connectivity index (χ3v) is 8.20. The number of alkyl carbamates (subject to hydrolysis) is 1. The SMILES string of the molecule is C.C.COC(=O)c1ccnc(Cc2ccc3nc(CNC(=O)OC(C)(C)C)ccc3c2)c1.COC(=O)c1ccnc(Cc2ccc3nc(CNC(C)=O)ccc3c2)c1. The minimum Gasteiger partial charge on any atom is -0.465 e. The first-order valence-corrected chi connectivity index (χ1v) is 17.8. The number of carbonyl (C=O) groups is 4. The van der Waals surface area contributed by atoms with Gasteiger partial charge in [0, 0.05) is 54.3 Å². The molecule has 2 N–H and O–H groups in total. The summed E-state index contributed by atoms with van der Waals surface area (Å²) in [4.78, 5) is 63.9. The molecule has 2 amide bonds. The number of carbonyl (C=O) groups excluding carboxylic acids is 4. The minimum atomic E-state index is -0.539. The number of esters is 2. The van der Waals surface area contributed by atoms with E-state index in [9.17, 15) is 19.2 Å². The number of amides is 2. The van der Waals surface area contributed by atoms with E-state index in [1.807, 2.05) is 75.4 Å². The minimum absolute atomic E-state index is 0. The Balaban J connectivity index is 0.000000303. The average molecular weight is 789 g/mol. The van der Waals surface area contributed by atoms with Gasteiger partial charge >= 0.3 is 18.0 Å².